The fourth-order valence-electron chi connectivity index (χ4n) is 1.83. The van der Waals surface area contributed by atoms with Gasteiger partial charge in [0.15, 0.2) is 11.5 Å². The number of hydrogen-bond acceptors (Lipinski definition) is 5. The lowest BCUT2D eigenvalue weighted by molar-refractivity contribution is 0.318. The Balaban J connectivity index is 1.94. The minimum Gasteiger partial charge on any atom is -0.409 e. The van der Waals surface area contributed by atoms with Crippen molar-refractivity contribution in [1.82, 2.24) is 20.3 Å². The molecule has 94 valence electrons. The van der Waals surface area contributed by atoms with E-state index in [2.05, 4.69) is 25.4 Å². The molecule has 0 atom stereocenters. The number of nitrogens with one attached hydrogen (secondary N) is 2. The van der Waals surface area contributed by atoms with E-state index in [1.54, 1.807) is 12.3 Å². The van der Waals surface area contributed by atoms with Crippen LogP contribution < -0.4 is 11.1 Å². The van der Waals surface area contributed by atoms with Crippen molar-refractivity contribution in [3.63, 3.8) is 0 Å². The highest BCUT2D eigenvalue weighted by atomic mass is 16.4. The van der Waals surface area contributed by atoms with Gasteiger partial charge in [-0.15, -0.1) is 0 Å². The Morgan fingerprint density at radius 1 is 1.61 bits per heavy atom. The van der Waals surface area contributed by atoms with E-state index in [-0.39, 0.29) is 5.84 Å². The van der Waals surface area contributed by atoms with Crippen LogP contribution >= 0.6 is 0 Å². The minimum absolute atomic E-state index is 0.0376. The Labute approximate surface area is 103 Å². The van der Waals surface area contributed by atoms with Gasteiger partial charge in [0.05, 0.1) is 12.1 Å². The predicted molar refractivity (Wildman–Crippen MR) is 66.3 cm³/mol. The summed E-state index contributed by atoms with van der Waals surface area (Å²) in [7, 11) is 0. The first-order chi connectivity index (χ1) is 8.78. The second-order valence-corrected chi connectivity index (χ2v) is 4.38. The maximum absolute atomic E-state index is 8.73. The zero-order valence-corrected chi connectivity index (χ0v) is 9.72. The van der Waals surface area contributed by atoms with Crippen LogP contribution in [0.2, 0.25) is 0 Å². The van der Waals surface area contributed by atoms with Crippen LogP contribution in [0, 0.1) is 0 Å². The van der Waals surface area contributed by atoms with Crippen LogP contribution in [0.5, 0.6) is 0 Å². The van der Waals surface area contributed by atoms with E-state index in [1.165, 1.54) is 12.8 Å². The van der Waals surface area contributed by atoms with Crippen molar-refractivity contribution in [2.75, 3.05) is 0 Å². The Hall–Kier alpha value is -2.15. The molecule has 0 amide bonds. The number of fused-ring (bicyclic) bond motifs is 1. The molecule has 7 nitrogen and oxygen atoms in total. The summed E-state index contributed by atoms with van der Waals surface area (Å²) in [5.74, 6) is 0.846. The third-order valence-corrected chi connectivity index (χ3v) is 2.95. The van der Waals surface area contributed by atoms with Crippen LogP contribution in [-0.2, 0) is 6.54 Å². The summed E-state index contributed by atoms with van der Waals surface area (Å²) in [4.78, 5) is 11.7. The van der Waals surface area contributed by atoms with Crippen LogP contribution in [0.1, 0.15) is 24.2 Å². The summed E-state index contributed by atoms with van der Waals surface area (Å²) >= 11 is 0. The first kappa shape index (κ1) is 11.0. The van der Waals surface area contributed by atoms with Gasteiger partial charge in [-0.3, -0.25) is 0 Å². The van der Waals surface area contributed by atoms with Crippen molar-refractivity contribution >= 4 is 17.0 Å². The van der Waals surface area contributed by atoms with Crippen molar-refractivity contribution < 1.29 is 5.21 Å². The first-order valence-electron chi connectivity index (χ1n) is 5.83. The van der Waals surface area contributed by atoms with Crippen LogP contribution in [0.4, 0.5) is 0 Å². The van der Waals surface area contributed by atoms with Gasteiger partial charge in [0, 0.05) is 12.2 Å². The summed E-state index contributed by atoms with van der Waals surface area (Å²) < 4.78 is 0. The molecule has 0 aliphatic heterocycles. The molecule has 7 heteroatoms. The number of oxime groups is 1. The van der Waals surface area contributed by atoms with E-state index in [4.69, 9.17) is 10.9 Å². The highest BCUT2D eigenvalue weighted by Gasteiger charge is 2.21. The second-order valence-electron chi connectivity index (χ2n) is 4.38. The molecule has 2 heterocycles. The van der Waals surface area contributed by atoms with Crippen molar-refractivity contribution in [1.29, 1.82) is 0 Å². The number of aromatic nitrogens is 3. The van der Waals surface area contributed by atoms with E-state index in [9.17, 15) is 0 Å². The number of H-pyrrole nitrogens is 1. The largest absolute Gasteiger partial charge is 0.409 e. The molecule has 2 aromatic heterocycles. The highest BCUT2D eigenvalue weighted by molar-refractivity contribution is 6.05. The van der Waals surface area contributed by atoms with E-state index in [0.29, 0.717) is 29.3 Å². The quantitative estimate of drug-likeness (QED) is 0.268. The predicted octanol–water partition coefficient (Wildman–Crippen LogP) is 0.304. The van der Waals surface area contributed by atoms with Gasteiger partial charge in [0.25, 0.3) is 0 Å². The monoisotopic (exact) mass is 246 g/mol. The fourth-order valence-corrected chi connectivity index (χ4v) is 1.83. The summed E-state index contributed by atoms with van der Waals surface area (Å²) in [6.45, 7) is 0.677. The van der Waals surface area contributed by atoms with Crippen LogP contribution in [0.25, 0.3) is 11.2 Å². The zero-order chi connectivity index (χ0) is 12.5. The van der Waals surface area contributed by atoms with E-state index in [0.717, 1.165) is 5.82 Å². The molecule has 3 rings (SSSR count). The maximum atomic E-state index is 8.73. The van der Waals surface area contributed by atoms with Gasteiger partial charge in [0.1, 0.15) is 11.3 Å². The van der Waals surface area contributed by atoms with E-state index >= 15 is 0 Å². The smallest absolute Gasteiger partial charge is 0.172 e. The molecule has 1 saturated carbocycles. The van der Waals surface area contributed by atoms with Gasteiger partial charge in [-0.25, -0.2) is 9.97 Å². The molecule has 1 aliphatic rings. The van der Waals surface area contributed by atoms with Crippen LogP contribution in [0.3, 0.4) is 0 Å². The van der Waals surface area contributed by atoms with Crippen LogP contribution in [-0.4, -0.2) is 32.0 Å². The highest BCUT2D eigenvalue weighted by Crippen LogP contribution is 2.19. The Morgan fingerprint density at radius 3 is 3.17 bits per heavy atom. The molecule has 1 aliphatic carbocycles. The number of nitrogens with zero attached hydrogens (tertiary/aromatic N) is 3. The molecule has 0 saturated heterocycles. The van der Waals surface area contributed by atoms with Gasteiger partial charge in [-0.05, 0) is 18.9 Å². The van der Waals surface area contributed by atoms with Crippen molar-refractivity contribution in [3.8, 4) is 0 Å². The standard InChI is InChI=1S/C11H14N6O/c12-10(17-18)7-3-4-13-11-9(7)15-8(16-11)5-14-6-1-2-6/h3-4,6,14,18H,1-2,5H2,(H2,12,17)(H,13,15,16). The SMILES string of the molecule is N/C(=N\O)c1ccnc2[nH]c(CNC3CC3)nc12. The van der Waals surface area contributed by atoms with Crippen molar-refractivity contribution in [2.45, 2.75) is 25.4 Å². The lowest BCUT2D eigenvalue weighted by Gasteiger charge is -1.98. The summed E-state index contributed by atoms with van der Waals surface area (Å²) in [6.07, 6.45) is 4.06. The summed E-state index contributed by atoms with van der Waals surface area (Å²) in [5.41, 5.74) is 7.45. The lowest BCUT2D eigenvalue weighted by Crippen LogP contribution is -2.16. The molecule has 5 N–H and O–H groups in total. The number of pyridine rings is 1. The van der Waals surface area contributed by atoms with Crippen molar-refractivity contribution in [3.05, 3.63) is 23.7 Å². The third kappa shape index (κ3) is 2.00. The van der Waals surface area contributed by atoms with E-state index < -0.39 is 0 Å². The molecule has 0 unspecified atom stereocenters. The molecular weight excluding hydrogens is 232 g/mol. The third-order valence-electron chi connectivity index (χ3n) is 2.95. The topological polar surface area (TPSA) is 112 Å². The lowest BCUT2D eigenvalue weighted by atomic mass is 10.2. The number of hydrogen-bond donors (Lipinski definition) is 4. The molecule has 2 aromatic rings. The normalized spacial score (nSPS) is 16.3. The summed E-state index contributed by atoms with van der Waals surface area (Å²) in [6, 6.07) is 2.30. The average molecular weight is 246 g/mol. The first-order valence-corrected chi connectivity index (χ1v) is 5.83. The van der Waals surface area contributed by atoms with Crippen molar-refractivity contribution in [2.24, 2.45) is 10.9 Å². The molecule has 18 heavy (non-hydrogen) atoms. The fraction of sp³-hybridized carbons (Fsp3) is 0.364. The zero-order valence-electron chi connectivity index (χ0n) is 9.72. The molecule has 0 radical (unpaired) electrons. The van der Waals surface area contributed by atoms with E-state index in [1.807, 2.05) is 0 Å². The Morgan fingerprint density at radius 2 is 2.44 bits per heavy atom. The van der Waals surface area contributed by atoms with Gasteiger partial charge in [0.2, 0.25) is 0 Å². The molecular formula is C11H14N6O. The maximum Gasteiger partial charge on any atom is 0.172 e. The Kier molecular flexibility index (Phi) is 2.60. The Bertz CT molecular complexity index is 601. The molecule has 0 aromatic carbocycles. The number of amidine groups is 1. The number of aromatic amines is 1. The van der Waals surface area contributed by atoms with Crippen LogP contribution in [0.15, 0.2) is 17.4 Å². The number of imidazole rings is 1. The summed E-state index contributed by atoms with van der Waals surface area (Å²) in [5, 5.41) is 15.1. The second kappa shape index (κ2) is 4.26. The number of nitrogens with two attached hydrogens (primary N) is 1. The average Bonchev–Trinajstić information content (AvgIpc) is 3.13. The molecule has 1 fully saturated rings. The van der Waals surface area contributed by atoms with Gasteiger partial charge in [-0.1, -0.05) is 5.16 Å². The molecule has 0 bridgehead atoms. The van der Waals surface area contributed by atoms with Gasteiger partial charge >= 0.3 is 0 Å². The number of rotatable bonds is 4. The van der Waals surface area contributed by atoms with Gasteiger partial charge in [-0.2, -0.15) is 0 Å². The molecule has 0 spiro atoms. The minimum atomic E-state index is 0.0376. The van der Waals surface area contributed by atoms with Gasteiger partial charge < -0.3 is 21.2 Å².